The van der Waals surface area contributed by atoms with E-state index in [1.165, 1.54) is 0 Å². The van der Waals surface area contributed by atoms with Crippen LogP contribution in [0.1, 0.15) is 15.9 Å². The number of rotatable bonds is 3. The normalized spacial score (nSPS) is 12.7. The van der Waals surface area contributed by atoms with Crippen molar-refractivity contribution >= 4 is 35.2 Å². The quantitative estimate of drug-likeness (QED) is 0.909. The highest BCUT2D eigenvalue weighted by molar-refractivity contribution is 6.30. The maximum absolute atomic E-state index is 12.3. The molecule has 1 aliphatic heterocycles. The summed E-state index contributed by atoms with van der Waals surface area (Å²) < 4.78 is 5.55. The van der Waals surface area contributed by atoms with Gasteiger partial charge in [-0.1, -0.05) is 11.6 Å². The number of halogens is 1. The first-order valence-electron chi connectivity index (χ1n) is 6.87. The molecule has 6 heteroatoms. The highest BCUT2D eigenvalue weighted by atomic mass is 35.5. The van der Waals surface area contributed by atoms with Crippen molar-refractivity contribution in [2.45, 2.75) is 0 Å². The minimum absolute atomic E-state index is 0.180. The van der Waals surface area contributed by atoms with Gasteiger partial charge in [-0.3, -0.25) is 9.59 Å². The molecule has 1 aliphatic rings. The number of nitrogens with two attached hydrogens (primary N) is 1. The van der Waals surface area contributed by atoms with Gasteiger partial charge in [0.15, 0.2) is 0 Å². The smallest absolute Gasteiger partial charge is 0.255 e. The van der Waals surface area contributed by atoms with Crippen molar-refractivity contribution in [2.24, 2.45) is 5.73 Å². The Morgan fingerprint density at radius 3 is 2.57 bits per heavy atom. The molecule has 2 aromatic carbocycles. The van der Waals surface area contributed by atoms with Crippen molar-refractivity contribution in [2.75, 3.05) is 11.9 Å². The summed E-state index contributed by atoms with van der Waals surface area (Å²) in [7, 11) is 0. The van der Waals surface area contributed by atoms with Gasteiger partial charge in [-0.15, -0.1) is 0 Å². The molecule has 5 nitrogen and oxygen atoms in total. The van der Waals surface area contributed by atoms with E-state index in [1.54, 1.807) is 48.5 Å². The third-order valence-corrected chi connectivity index (χ3v) is 3.64. The van der Waals surface area contributed by atoms with Gasteiger partial charge in [0.2, 0.25) is 5.91 Å². The van der Waals surface area contributed by atoms with E-state index >= 15 is 0 Å². The van der Waals surface area contributed by atoms with Crippen LogP contribution < -0.4 is 15.8 Å². The predicted molar refractivity (Wildman–Crippen MR) is 88.5 cm³/mol. The van der Waals surface area contributed by atoms with Crippen LogP contribution in [0.15, 0.2) is 48.0 Å². The molecule has 23 heavy (non-hydrogen) atoms. The molecule has 2 amide bonds. The molecule has 0 saturated carbocycles. The van der Waals surface area contributed by atoms with E-state index in [9.17, 15) is 9.59 Å². The molecular weight excluding hydrogens is 316 g/mol. The zero-order valence-electron chi connectivity index (χ0n) is 12.0. The molecule has 0 aliphatic carbocycles. The molecule has 0 unspecified atom stereocenters. The Morgan fingerprint density at radius 2 is 1.87 bits per heavy atom. The van der Waals surface area contributed by atoms with Crippen LogP contribution in [-0.2, 0) is 4.79 Å². The van der Waals surface area contributed by atoms with Crippen LogP contribution in [0.4, 0.5) is 5.69 Å². The standard InChI is InChI=1S/C17H13ClN2O3/c18-13-3-6-15-11(8-13)7-12(9-23-15)17(22)20-14-4-1-10(2-5-14)16(19)21/h1-8H,9H2,(H2,19,21)(H,20,22). The van der Waals surface area contributed by atoms with Gasteiger partial charge < -0.3 is 15.8 Å². The first-order chi connectivity index (χ1) is 11.0. The molecule has 0 radical (unpaired) electrons. The Hall–Kier alpha value is -2.79. The summed E-state index contributed by atoms with van der Waals surface area (Å²) in [6.45, 7) is 0.180. The molecule has 0 saturated heterocycles. The van der Waals surface area contributed by atoms with Gasteiger partial charge in [-0.25, -0.2) is 0 Å². The summed E-state index contributed by atoms with van der Waals surface area (Å²) in [5, 5.41) is 3.33. The lowest BCUT2D eigenvalue weighted by Crippen LogP contribution is -2.21. The van der Waals surface area contributed by atoms with E-state index < -0.39 is 5.91 Å². The maximum atomic E-state index is 12.3. The van der Waals surface area contributed by atoms with Gasteiger partial charge in [-0.2, -0.15) is 0 Å². The van der Waals surface area contributed by atoms with Crippen LogP contribution in [-0.4, -0.2) is 18.4 Å². The maximum Gasteiger partial charge on any atom is 0.255 e. The minimum atomic E-state index is -0.514. The average molecular weight is 329 g/mol. The molecule has 1 heterocycles. The van der Waals surface area contributed by atoms with Crippen molar-refractivity contribution < 1.29 is 14.3 Å². The van der Waals surface area contributed by atoms with E-state index in [0.29, 0.717) is 27.6 Å². The van der Waals surface area contributed by atoms with Gasteiger partial charge in [0.1, 0.15) is 12.4 Å². The van der Waals surface area contributed by atoms with Crippen molar-refractivity contribution in [3.05, 3.63) is 64.2 Å². The number of anilines is 1. The van der Waals surface area contributed by atoms with Gasteiger partial charge in [-0.05, 0) is 48.5 Å². The minimum Gasteiger partial charge on any atom is -0.488 e. The van der Waals surface area contributed by atoms with Crippen LogP contribution in [0.2, 0.25) is 5.02 Å². The zero-order chi connectivity index (χ0) is 16.4. The number of nitrogens with one attached hydrogen (secondary N) is 1. The number of carbonyl (C=O) groups is 2. The fourth-order valence-electron chi connectivity index (χ4n) is 2.21. The Bertz CT molecular complexity index is 813. The number of hydrogen-bond donors (Lipinski definition) is 2. The Balaban J connectivity index is 1.77. The van der Waals surface area contributed by atoms with Crippen molar-refractivity contribution in [1.82, 2.24) is 0 Å². The van der Waals surface area contributed by atoms with Crippen LogP contribution >= 0.6 is 11.6 Å². The summed E-state index contributed by atoms with van der Waals surface area (Å²) in [5.41, 5.74) is 7.37. The monoisotopic (exact) mass is 328 g/mol. The Labute approximate surface area is 137 Å². The van der Waals surface area contributed by atoms with Crippen molar-refractivity contribution in [3.8, 4) is 5.75 Å². The molecule has 0 bridgehead atoms. The first-order valence-corrected chi connectivity index (χ1v) is 7.25. The van der Waals surface area contributed by atoms with E-state index in [-0.39, 0.29) is 12.5 Å². The summed E-state index contributed by atoms with van der Waals surface area (Å²) in [4.78, 5) is 23.3. The second kappa shape index (κ2) is 6.14. The second-order valence-electron chi connectivity index (χ2n) is 5.04. The Kier molecular flexibility index (Phi) is 4.04. The molecule has 0 atom stereocenters. The lowest BCUT2D eigenvalue weighted by Gasteiger charge is -2.17. The van der Waals surface area contributed by atoms with Crippen LogP contribution in [0.5, 0.6) is 5.75 Å². The SMILES string of the molecule is NC(=O)c1ccc(NC(=O)C2=Cc3cc(Cl)ccc3OC2)cc1. The van der Waals surface area contributed by atoms with Gasteiger partial charge >= 0.3 is 0 Å². The molecule has 0 aromatic heterocycles. The summed E-state index contributed by atoms with van der Waals surface area (Å²) in [6.07, 6.45) is 1.75. The number of amides is 2. The largest absolute Gasteiger partial charge is 0.488 e. The summed E-state index contributed by atoms with van der Waals surface area (Å²) in [5.74, 6) is -0.0982. The third kappa shape index (κ3) is 3.35. The van der Waals surface area contributed by atoms with Crippen LogP contribution in [0.3, 0.4) is 0 Å². The number of hydrogen-bond acceptors (Lipinski definition) is 3. The molecule has 0 fully saturated rings. The number of fused-ring (bicyclic) bond motifs is 1. The van der Waals surface area contributed by atoms with E-state index in [0.717, 1.165) is 5.56 Å². The predicted octanol–water partition coefficient (Wildman–Crippen LogP) is 2.85. The van der Waals surface area contributed by atoms with Crippen molar-refractivity contribution in [3.63, 3.8) is 0 Å². The number of benzene rings is 2. The Morgan fingerprint density at radius 1 is 1.13 bits per heavy atom. The van der Waals surface area contributed by atoms with Crippen LogP contribution in [0, 0.1) is 0 Å². The number of carbonyl (C=O) groups excluding carboxylic acids is 2. The average Bonchev–Trinajstić information content (AvgIpc) is 2.54. The molecular formula is C17H13ClN2O3. The van der Waals surface area contributed by atoms with Crippen LogP contribution in [0.25, 0.3) is 6.08 Å². The highest BCUT2D eigenvalue weighted by Gasteiger charge is 2.17. The summed E-state index contributed by atoms with van der Waals surface area (Å²) >= 11 is 5.95. The van der Waals surface area contributed by atoms with Gasteiger partial charge in [0.25, 0.3) is 5.91 Å². The molecule has 116 valence electrons. The van der Waals surface area contributed by atoms with Gasteiger partial charge in [0.05, 0.1) is 5.57 Å². The molecule has 3 rings (SSSR count). The van der Waals surface area contributed by atoms with Gasteiger partial charge in [0, 0.05) is 21.8 Å². The number of ether oxygens (including phenoxy) is 1. The zero-order valence-corrected chi connectivity index (χ0v) is 12.8. The lowest BCUT2D eigenvalue weighted by atomic mass is 10.1. The fourth-order valence-corrected chi connectivity index (χ4v) is 2.39. The van der Waals surface area contributed by atoms with Crippen molar-refractivity contribution in [1.29, 1.82) is 0 Å². The highest BCUT2D eigenvalue weighted by Crippen LogP contribution is 2.29. The number of primary amides is 1. The fraction of sp³-hybridized carbons (Fsp3) is 0.0588. The first kappa shape index (κ1) is 15.1. The summed E-state index contributed by atoms with van der Waals surface area (Å²) in [6, 6.07) is 11.6. The van der Waals surface area contributed by atoms with E-state index in [4.69, 9.17) is 22.1 Å². The lowest BCUT2D eigenvalue weighted by molar-refractivity contribution is -0.113. The topological polar surface area (TPSA) is 81.4 Å². The molecule has 2 aromatic rings. The molecule has 3 N–H and O–H groups in total. The van der Waals surface area contributed by atoms with E-state index in [1.807, 2.05) is 0 Å². The second-order valence-corrected chi connectivity index (χ2v) is 5.47. The molecule has 0 spiro atoms. The van der Waals surface area contributed by atoms with E-state index in [2.05, 4.69) is 5.32 Å². The third-order valence-electron chi connectivity index (χ3n) is 3.40.